The number of nitrogens with one attached hydrogen (secondary N) is 1. The molecule has 0 aliphatic carbocycles. The lowest BCUT2D eigenvalue weighted by Crippen LogP contribution is -2.23. The Morgan fingerprint density at radius 1 is 1.52 bits per heavy atom. The number of aromatic nitrogens is 3. The fourth-order valence-corrected chi connectivity index (χ4v) is 2.02. The summed E-state index contributed by atoms with van der Waals surface area (Å²) in [6.45, 7) is 3.09. The third-order valence-electron chi connectivity index (χ3n) is 2.81. The Hall–Kier alpha value is -2.28. The molecule has 2 aromatic rings. The van der Waals surface area contributed by atoms with Gasteiger partial charge in [-0.3, -0.25) is 0 Å². The van der Waals surface area contributed by atoms with Crippen molar-refractivity contribution in [2.75, 3.05) is 12.4 Å². The van der Waals surface area contributed by atoms with E-state index in [1.807, 2.05) is 13.0 Å². The summed E-state index contributed by atoms with van der Waals surface area (Å²) >= 11 is 6.04. The van der Waals surface area contributed by atoms with E-state index >= 15 is 0 Å². The zero-order valence-corrected chi connectivity index (χ0v) is 12.6. The van der Waals surface area contributed by atoms with Gasteiger partial charge >= 0.3 is 0 Å². The molecular weight excluding hydrogens is 292 g/mol. The van der Waals surface area contributed by atoms with E-state index in [2.05, 4.69) is 20.4 Å². The maximum absolute atomic E-state index is 6.04. The quantitative estimate of drug-likeness (QED) is 0.650. The fourth-order valence-electron chi connectivity index (χ4n) is 1.76. The Balaban J connectivity index is 2.02. The van der Waals surface area contributed by atoms with Gasteiger partial charge in [0.05, 0.1) is 12.1 Å². The van der Waals surface area contributed by atoms with Gasteiger partial charge in [0.1, 0.15) is 24.4 Å². The molecule has 0 unspecified atom stereocenters. The molecule has 112 valence electrons. The first kappa shape index (κ1) is 15.1. The number of guanidine groups is 1. The second-order valence-corrected chi connectivity index (χ2v) is 4.58. The highest BCUT2D eigenvalue weighted by Crippen LogP contribution is 2.26. The van der Waals surface area contributed by atoms with E-state index in [0.717, 1.165) is 18.1 Å². The molecule has 0 aliphatic heterocycles. The van der Waals surface area contributed by atoms with E-state index in [1.54, 1.807) is 23.9 Å². The normalized spacial score (nSPS) is 11.5. The van der Waals surface area contributed by atoms with Crippen molar-refractivity contribution in [2.24, 2.45) is 10.7 Å². The molecule has 0 aliphatic rings. The third-order valence-corrected chi connectivity index (χ3v) is 3.11. The molecule has 0 bridgehead atoms. The molecule has 21 heavy (non-hydrogen) atoms. The molecule has 0 atom stereocenters. The summed E-state index contributed by atoms with van der Waals surface area (Å²) in [5.41, 5.74) is 6.58. The number of nitrogens with two attached hydrogens (primary N) is 1. The number of halogens is 1. The molecule has 7 nitrogen and oxygen atoms in total. The number of aliphatic imine (C=N–C) groups is 1. The Morgan fingerprint density at radius 3 is 3.00 bits per heavy atom. The maximum atomic E-state index is 6.04. The zero-order valence-electron chi connectivity index (χ0n) is 11.9. The van der Waals surface area contributed by atoms with Crippen LogP contribution >= 0.6 is 11.6 Å². The summed E-state index contributed by atoms with van der Waals surface area (Å²) in [5, 5.41) is 7.54. The average Bonchev–Trinajstić information content (AvgIpc) is 2.93. The van der Waals surface area contributed by atoms with Crippen molar-refractivity contribution < 1.29 is 4.74 Å². The van der Waals surface area contributed by atoms with Gasteiger partial charge in [-0.1, -0.05) is 11.6 Å². The lowest BCUT2D eigenvalue weighted by Gasteiger charge is -2.08. The molecule has 0 saturated heterocycles. The van der Waals surface area contributed by atoms with Gasteiger partial charge in [-0.2, -0.15) is 5.10 Å². The van der Waals surface area contributed by atoms with E-state index in [-0.39, 0.29) is 5.96 Å². The van der Waals surface area contributed by atoms with Crippen LogP contribution in [0.15, 0.2) is 29.5 Å². The van der Waals surface area contributed by atoms with Gasteiger partial charge in [0.15, 0.2) is 5.96 Å². The molecular formula is C13H17ClN6O. The van der Waals surface area contributed by atoms with E-state index in [0.29, 0.717) is 17.3 Å². The summed E-state index contributed by atoms with van der Waals surface area (Å²) < 4.78 is 6.85. The first-order valence-electron chi connectivity index (χ1n) is 6.41. The minimum absolute atomic E-state index is 0.280. The molecule has 0 spiro atoms. The summed E-state index contributed by atoms with van der Waals surface area (Å²) in [4.78, 5) is 8.36. The van der Waals surface area contributed by atoms with Crippen LogP contribution in [-0.4, -0.2) is 27.8 Å². The van der Waals surface area contributed by atoms with Gasteiger partial charge in [-0.05, 0) is 25.1 Å². The summed E-state index contributed by atoms with van der Waals surface area (Å²) in [6, 6.07) is 5.28. The predicted molar refractivity (Wildman–Crippen MR) is 82.6 cm³/mol. The number of methoxy groups -OCH3 is 1. The molecule has 0 amide bonds. The smallest absolute Gasteiger partial charge is 0.193 e. The number of nitrogens with zero attached hydrogens (tertiary/aromatic N) is 4. The van der Waals surface area contributed by atoms with Gasteiger partial charge in [-0.25, -0.2) is 14.7 Å². The number of rotatable bonds is 5. The Kier molecular flexibility index (Phi) is 4.99. The molecule has 0 radical (unpaired) electrons. The van der Waals surface area contributed by atoms with Crippen molar-refractivity contribution in [3.05, 3.63) is 35.4 Å². The number of hydrogen-bond acceptors (Lipinski definition) is 4. The summed E-state index contributed by atoms with van der Waals surface area (Å²) in [7, 11) is 1.56. The van der Waals surface area contributed by atoms with Crippen molar-refractivity contribution in [3.8, 4) is 5.75 Å². The highest BCUT2D eigenvalue weighted by Gasteiger charge is 2.04. The van der Waals surface area contributed by atoms with Crippen molar-refractivity contribution in [3.63, 3.8) is 0 Å². The van der Waals surface area contributed by atoms with Crippen molar-refractivity contribution >= 4 is 23.2 Å². The Morgan fingerprint density at radius 2 is 2.33 bits per heavy atom. The first-order chi connectivity index (χ1) is 10.1. The van der Waals surface area contributed by atoms with Crippen LogP contribution < -0.4 is 15.8 Å². The zero-order chi connectivity index (χ0) is 15.2. The largest absolute Gasteiger partial charge is 0.495 e. The second kappa shape index (κ2) is 6.94. The molecule has 2 rings (SSSR count). The summed E-state index contributed by atoms with van der Waals surface area (Å²) in [5.74, 6) is 1.64. The van der Waals surface area contributed by atoms with Gasteiger partial charge in [0.25, 0.3) is 0 Å². The van der Waals surface area contributed by atoms with Crippen LogP contribution in [0.1, 0.15) is 12.7 Å². The van der Waals surface area contributed by atoms with Crippen LogP contribution in [0.25, 0.3) is 0 Å². The van der Waals surface area contributed by atoms with Crippen LogP contribution in [0, 0.1) is 0 Å². The monoisotopic (exact) mass is 308 g/mol. The summed E-state index contributed by atoms with van der Waals surface area (Å²) in [6.07, 6.45) is 1.50. The number of hydrogen-bond donors (Lipinski definition) is 2. The van der Waals surface area contributed by atoms with Crippen molar-refractivity contribution in [2.45, 2.75) is 20.0 Å². The van der Waals surface area contributed by atoms with Crippen LogP contribution in [-0.2, 0) is 13.1 Å². The first-order valence-corrected chi connectivity index (χ1v) is 6.79. The number of benzene rings is 1. The van der Waals surface area contributed by atoms with Crippen LogP contribution in [0.3, 0.4) is 0 Å². The predicted octanol–water partition coefficient (Wildman–Crippen LogP) is 1.89. The standard InChI is InChI=1S/C13H17ClN6O/c1-3-20-12(17-8-18-20)7-16-13(15)19-9-4-5-11(21-2)10(14)6-9/h4-6,8H,3,7H2,1-2H3,(H3,15,16,19). The number of anilines is 1. The lowest BCUT2D eigenvalue weighted by atomic mass is 10.3. The highest BCUT2D eigenvalue weighted by molar-refractivity contribution is 6.32. The molecule has 1 aromatic carbocycles. The third kappa shape index (κ3) is 3.85. The van der Waals surface area contributed by atoms with Gasteiger partial charge < -0.3 is 15.8 Å². The van der Waals surface area contributed by atoms with Crippen LogP contribution in [0.5, 0.6) is 5.75 Å². The second-order valence-electron chi connectivity index (χ2n) is 4.17. The average molecular weight is 309 g/mol. The van der Waals surface area contributed by atoms with Crippen molar-refractivity contribution in [1.29, 1.82) is 0 Å². The SMILES string of the molecule is CCn1ncnc1CN=C(N)Nc1ccc(OC)c(Cl)c1. The molecule has 8 heteroatoms. The minimum atomic E-state index is 0.280. The lowest BCUT2D eigenvalue weighted by molar-refractivity contribution is 0.415. The Bertz CT molecular complexity index is 639. The van der Waals surface area contributed by atoms with Crippen LogP contribution in [0.2, 0.25) is 5.02 Å². The van der Waals surface area contributed by atoms with Gasteiger partial charge in [0.2, 0.25) is 0 Å². The molecule has 3 N–H and O–H groups in total. The fraction of sp³-hybridized carbons (Fsp3) is 0.308. The molecule has 0 fully saturated rings. The van der Waals surface area contributed by atoms with E-state index in [9.17, 15) is 0 Å². The van der Waals surface area contributed by atoms with Gasteiger partial charge in [-0.15, -0.1) is 0 Å². The molecule has 0 saturated carbocycles. The van der Waals surface area contributed by atoms with Gasteiger partial charge in [0, 0.05) is 12.2 Å². The van der Waals surface area contributed by atoms with E-state index < -0.39 is 0 Å². The molecule has 1 heterocycles. The number of aryl methyl sites for hydroxylation is 1. The molecule has 1 aromatic heterocycles. The van der Waals surface area contributed by atoms with Crippen LogP contribution in [0.4, 0.5) is 5.69 Å². The minimum Gasteiger partial charge on any atom is -0.495 e. The highest BCUT2D eigenvalue weighted by atomic mass is 35.5. The van der Waals surface area contributed by atoms with E-state index in [1.165, 1.54) is 6.33 Å². The Labute approximate surface area is 127 Å². The van der Waals surface area contributed by atoms with Crippen molar-refractivity contribution in [1.82, 2.24) is 14.8 Å². The van der Waals surface area contributed by atoms with E-state index in [4.69, 9.17) is 22.1 Å². The number of ether oxygens (including phenoxy) is 1. The topological polar surface area (TPSA) is 90.4 Å². The maximum Gasteiger partial charge on any atom is 0.193 e.